The lowest BCUT2D eigenvalue weighted by molar-refractivity contribution is -0.146. The molecule has 0 aliphatic carbocycles. The van der Waals surface area contributed by atoms with E-state index < -0.39 is 12.0 Å². The second kappa shape index (κ2) is 7.08. The molecule has 8 nitrogen and oxygen atoms in total. The fourth-order valence-corrected chi connectivity index (χ4v) is 3.59. The van der Waals surface area contributed by atoms with Crippen LogP contribution in [0.1, 0.15) is 30.4 Å². The molecule has 1 saturated heterocycles. The number of halogens is 3. The normalized spacial score (nSPS) is 15.8. The number of piperidine rings is 1. The van der Waals surface area contributed by atoms with E-state index >= 15 is 0 Å². The predicted octanol–water partition coefficient (Wildman–Crippen LogP) is 3.58. The van der Waals surface area contributed by atoms with Crippen molar-refractivity contribution < 1.29 is 17.7 Å². The van der Waals surface area contributed by atoms with Crippen molar-refractivity contribution in [1.29, 1.82) is 0 Å². The molecule has 3 aromatic heterocycles. The maximum absolute atomic E-state index is 13.1. The van der Waals surface area contributed by atoms with E-state index in [-0.39, 0.29) is 11.6 Å². The summed E-state index contributed by atoms with van der Waals surface area (Å²) in [5.41, 5.74) is 0.918. The van der Waals surface area contributed by atoms with Crippen molar-refractivity contribution >= 4 is 11.5 Å². The van der Waals surface area contributed by atoms with E-state index in [0.29, 0.717) is 30.6 Å². The number of fused-ring (bicyclic) bond motifs is 1. The summed E-state index contributed by atoms with van der Waals surface area (Å²) in [4.78, 5) is 6.46. The lowest BCUT2D eigenvalue weighted by Crippen LogP contribution is -2.34. The van der Waals surface area contributed by atoms with Gasteiger partial charge in [0.1, 0.15) is 5.82 Å². The van der Waals surface area contributed by atoms with Crippen LogP contribution in [0.4, 0.5) is 19.0 Å². The third kappa shape index (κ3) is 3.36. The summed E-state index contributed by atoms with van der Waals surface area (Å²) in [6.45, 7) is 1.23. The maximum atomic E-state index is 13.1. The van der Waals surface area contributed by atoms with Crippen molar-refractivity contribution in [2.24, 2.45) is 0 Å². The third-order valence-corrected chi connectivity index (χ3v) is 5.15. The average molecular weight is 415 g/mol. The van der Waals surface area contributed by atoms with E-state index in [1.54, 1.807) is 6.07 Å². The Hall–Kier alpha value is -3.50. The Kier molecular flexibility index (Phi) is 4.37. The highest BCUT2D eigenvalue weighted by Gasteiger charge is 2.38. The first kappa shape index (κ1) is 18.5. The van der Waals surface area contributed by atoms with Gasteiger partial charge in [0.25, 0.3) is 11.7 Å². The minimum atomic E-state index is -4.62. The molecule has 0 spiro atoms. The molecule has 5 rings (SSSR count). The SMILES string of the molecule is FC(F)(F)c1nnc2ccc(N3CCC(c4noc(-c5ccccc5)n4)CC3)nn12. The van der Waals surface area contributed by atoms with Crippen LogP contribution < -0.4 is 4.90 Å². The molecule has 0 bridgehead atoms. The zero-order valence-corrected chi connectivity index (χ0v) is 15.6. The van der Waals surface area contributed by atoms with Gasteiger partial charge in [-0.25, -0.2) is 0 Å². The van der Waals surface area contributed by atoms with Gasteiger partial charge in [0, 0.05) is 24.6 Å². The van der Waals surface area contributed by atoms with Crippen LogP contribution in [-0.2, 0) is 6.18 Å². The van der Waals surface area contributed by atoms with Gasteiger partial charge in [0.15, 0.2) is 11.5 Å². The van der Waals surface area contributed by atoms with Crippen LogP contribution in [0.3, 0.4) is 0 Å². The number of hydrogen-bond donors (Lipinski definition) is 0. The average Bonchev–Trinajstić information content (AvgIpc) is 3.41. The van der Waals surface area contributed by atoms with Crippen molar-refractivity contribution in [3.8, 4) is 11.5 Å². The van der Waals surface area contributed by atoms with Gasteiger partial charge < -0.3 is 9.42 Å². The zero-order chi connectivity index (χ0) is 20.7. The van der Waals surface area contributed by atoms with Crippen LogP contribution in [0, 0.1) is 0 Å². The highest BCUT2D eigenvalue weighted by atomic mass is 19.4. The van der Waals surface area contributed by atoms with Crippen LogP contribution in [0.25, 0.3) is 17.1 Å². The predicted molar refractivity (Wildman–Crippen MR) is 99.7 cm³/mol. The molecule has 1 aliphatic heterocycles. The van der Waals surface area contributed by atoms with Gasteiger partial charge in [0.05, 0.1) is 0 Å². The molecule has 1 aromatic carbocycles. The van der Waals surface area contributed by atoms with Crippen LogP contribution in [-0.4, -0.2) is 43.0 Å². The minimum Gasteiger partial charge on any atom is -0.355 e. The first-order valence-corrected chi connectivity index (χ1v) is 9.43. The van der Waals surface area contributed by atoms with Crippen molar-refractivity contribution in [3.63, 3.8) is 0 Å². The molecule has 30 heavy (non-hydrogen) atoms. The molecule has 0 unspecified atom stereocenters. The Labute approximate surface area is 168 Å². The van der Waals surface area contributed by atoms with Crippen molar-refractivity contribution in [3.05, 3.63) is 54.1 Å². The molecular formula is C19H16F3N7O. The van der Waals surface area contributed by atoms with Crippen molar-refractivity contribution in [2.75, 3.05) is 18.0 Å². The topological polar surface area (TPSA) is 85.2 Å². The molecule has 0 radical (unpaired) electrons. The Morgan fingerprint density at radius 3 is 2.47 bits per heavy atom. The molecule has 4 heterocycles. The largest absolute Gasteiger partial charge is 0.453 e. The lowest BCUT2D eigenvalue weighted by Gasteiger charge is -2.31. The number of aromatic nitrogens is 6. The van der Waals surface area contributed by atoms with E-state index in [1.807, 2.05) is 35.2 Å². The number of nitrogens with zero attached hydrogens (tertiary/aromatic N) is 7. The molecule has 11 heteroatoms. The van der Waals surface area contributed by atoms with E-state index in [4.69, 9.17) is 4.52 Å². The van der Waals surface area contributed by atoms with Gasteiger partial charge >= 0.3 is 6.18 Å². The Balaban J connectivity index is 1.31. The van der Waals surface area contributed by atoms with Gasteiger partial charge in [0.2, 0.25) is 0 Å². The number of anilines is 1. The van der Waals surface area contributed by atoms with Gasteiger partial charge in [-0.2, -0.15) is 22.7 Å². The van der Waals surface area contributed by atoms with Crippen LogP contribution in [0.2, 0.25) is 0 Å². The van der Waals surface area contributed by atoms with Gasteiger partial charge in [-0.15, -0.1) is 15.3 Å². The van der Waals surface area contributed by atoms with E-state index in [1.165, 1.54) is 6.07 Å². The van der Waals surface area contributed by atoms with Crippen LogP contribution >= 0.6 is 0 Å². The smallest absolute Gasteiger partial charge is 0.355 e. The Bertz CT molecular complexity index is 1160. The molecule has 0 atom stereocenters. The quantitative estimate of drug-likeness (QED) is 0.506. The molecule has 4 aromatic rings. The number of hydrogen-bond acceptors (Lipinski definition) is 7. The summed E-state index contributed by atoms with van der Waals surface area (Å²) < 4.78 is 45.4. The second-order valence-electron chi connectivity index (χ2n) is 7.07. The maximum Gasteiger partial charge on any atom is 0.453 e. The Morgan fingerprint density at radius 2 is 1.73 bits per heavy atom. The monoisotopic (exact) mass is 415 g/mol. The second-order valence-corrected chi connectivity index (χ2v) is 7.07. The summed E-state index contributed by atoms with van der Waals surface area (Å²) in [6, 6.07) is 12.7. The molecule has 1 fully saturated rings. The van der Waals surface area contributed by atoms with E-state index in [9.17, 15) is 13.2 Å². The molecular weight excluding hydrogens is 399 g/mol. The van der Waals surface area contributed by atoms with Crippen molar-refractivity contribution in [2.45, 2.75) is 24.9 Å². The molecule has 0 N–H and O–H groups in total. The summed E-state index contributed by atoms with van der Waals surface area (Å²) >= 11 is 0. The zero-order valence-electron chi connectivity index (χ0n) is 15.6. The van der Waals surface area contributed by atoms with E-state index in [0.717, 1.165) is 22.9 Å². The number of rotatable bonds is 3. The third-order valence-electron chi connectivity index (χ3n) is 5.15. The summed E-state index contributed by atoms with van der Waals surface area (Å²) in [6.07, 6.45) is -3.14. The molecule has 0 saturated carbocycles. The highest BCUT2D eigenvalue weighted by molar-refractivity contribution is 5.52. The van der Waals surface area contributed by atoms with Gasteiger partial charge in [-0.05, 0) is 37.1 Å². The van der Waals surface area contributed by atoms with E-state index in [2.05, 4.69) is 25.4 Å². The standard InChI is InChI=1S/C19H16F3N7O/c20-19(21,22)18-25-24-14-6-7-15(26-29(14)18)28-10-8-12(9-11-28)16-23-17(30-27-16)13-4-2-1-3-5-13/h1-7,12H,8-11H2. The highest BCUT2D eigenvalue weighted by Crippen LogP contribution is 2.31. The minimum absolute atomic E-state index is 0.0567. The number of alkyl halides is 3. The van der Waals surface area contributed by atoms with Crippen LogP contribution in [0.5, 0.6) is 0 Å². The molecule has 1 aliphatic rings. The first-order chi connectivity index (χ1) is 14.5. The fourth-order valence-electron chi connectivity index (χ4n) is 3.59. The first-order valence-electron chi connectivity index (χ1n) is 9.43. The fraction of sp³-hybridized carbons (Fsp3) is 0.316. The summed E-state index contributed by atoms with van der Waals surface area (Å²) in [7, 11) is 0. The Morgan fingerprint density at radius 1 is 0.967 bits per heavy atom. The van der Waals surface area contributed by atoms with Crippen LogP contribution in [0.15, 0.2) is 47.0 Å². The summed E-state index contributed by atoms with van der Waals surface area (Å²) in [5.74, 6) is 0.563. The molecule has 154 valence electrons. The lowest BCUT2D eigenvalue weighted by atomic mass is 9.96. The van der Waals surface area contributed by atoms with Gasteiger partial charge in [-0.1, -0.05) is 23.4 Å². The number of benzene rings is 1. The molecule has 0 amide bonds. The summed E-state index contributed by atoms with van der Waals surface area (Å²) in [5, 5.41) is 15.0. The van der Waals surface area contributed by atoms with Gasteiger partial charge in [-0.3, -0.25) is 0 Å². The van der Waals surface area contributed by atoms with Crippen molar-refractivity contribution in [1.82, 2.24) is 30.0 Å².